The molecule has 1 aliphatic heterocycles. The van der Waals surface area contributed by atoms with E-state index in [1.54, 1.807) is 43.6 Å². The SMILES string of the molecule is Cc1cccc(F)c1-c1c(Cl)cc2c(N3CCNCC3)nc(OCCc3ncccn3)nc2c1F. The molecular formula is C25H23ClF2N6O. The molecule has 0 radical (unpaired) electrons. The molecule has 3 heterocycles. The second kappa shape index (κ2) is 10.1. The van der Waals surface area contributed by atoms with Crippen LogP contribution in [0.5, 0.6) is 6.01 Å². The van der Waals surface area contributed by atoms with Crippen molar-refractivity contribution in [3.63, 3.8) is 0 Å². The average Bonchev–Trinajstić information content (AvgIpc) is 2.87. The first kappa shape index (κ1) is 23.3. The highest BCUT2D eigenvalue weighted by Crippen LogP contribution is 2.40. The number of nitrogens with one attached hydrogen (secondary N) is 1. The predicted octanol–water partition coefficient (Wildman–Crippen LogP) is 4.36. The number of halogens is 3. The predicted molar refractivity (Wildman–Crippen MR) is 131 cm³/mol. The molecule has 2 aromatic heterocycles. The standard InChI is InChI=1S/C25H23ClF2N6O/c1-15-4-2-5-18(27)20(15)21-17(26)14-16-23(22(21)28)32-25(33-24(16)34-11-9-29-10-12-34)35-13-6-19-30-7-3-8-31-19/h2-5,7-8,14,29H,6,9-13H2,1H3. The van der Waals surface area contributed by atoms with Gasteiger partial charge in [-0.1, -0.05) is 23.7 Å². The van der Waals surface area contributed by atoms with E-state index in [-0.39, 0.29) is 34.3 Å². The van der Waals surface area contributed by atoms with Crippen molar-refractivity contribution < 1.29 is 13.5 Å². The Kier molecular flexibility index (Phi) is 6.70. The number of rotatable bonds is 6. The van der Waals surface area contributed by atoms with E-state index in [0.717, 1.165) is 13.1 Å². The molecule has 0 atom stereocenters. The topological polar surface area (TPSA) is 76.1 Å². The van der Waals surface area contributed by atoms with Gasteiger partial charge in [-0.25, -0.2) is 18.7 Å². The molecule has 0 saturated carbocycles. The van der Waals surface area contributed by atoms with Gasteiger partial charge in [-0.15, -0.1) is 0 Å². The normalized spacial score (nSPS) is 13.9. The fourth-order valence-corrected chi connectivity index (χ4v) is 4.50. The second-order valence-corrected chi connectivity index (χ2v) is 8.61. The van der Waals surface area contributed by atoms with Crippen molar-refractivity contribution in [2.24, 2.45) is 0 Å². The van der Waals surface area contributed by atoms with Gasteiger partial charge in [0.1, 0.15) is 23.0 Å². The van der Waals surface area contributed by atoms with E-state index >= 15 is 4.39 Å². The fraction of sp³-hybridized carbons (Fsp3) is 0.280. The smallest absolute Gasteiger partial charge is 0.319 e. The first-order valence-electron chi connectivity index (χ1n) is 11.3. The van der Waals surface area contributed by atoms with Crippen LogP contribution in [0.3, 0.4) is 0 Å². The first-order valence-corrected chi connectivity index (χ1v) is 11.7. The van der Waals surface area contributed by atoms with Crippen LogP contribution < -0.4 is 15.0 Å². The highest BCUT2D eigenvalue weighted by molar-refractivity contribution is 6.34. The lowest BCUT2D eigenvalue weighted by Gasteiger charge is -2.29. The van der Waals surface area contributed by atoms with Gasteiger partial charge in [-0.05, 0) is 30.7 Å². The summed E-state index contributed by atoms with van der Waals surface area (Å²) in [5.74, 6) is -0.123. The Bertz CT molecular complexity index is 1350. The monoisotopic (exact) mass is 496 g/mol. The number of ether oxygens (including phenoxy) is 1. The molecule has 180 valence electrons. The molecule has 1 aliphatic rings. The van der Waals surface area contributed by atoms with Crippen molar-refractivity contribution in [2.45, 2.75) is 13.3 Å². The molecule has 7 nitrogen and oxygen atoms in total. The number of anilines is 1. The van der Waals surface area contributed by atoms with E-state index < -0.39 is 11.6 Å². The number of nitrogens with zero attached hydrogens (tertiary/aromatic N) is 5. The van der Waals surface area contributed by atoms with Crippen LogP contribution in [0.1, 0.15) is 11.4 Å². The Morgan fingerprint density at radius 2 is 1.83 bits per heavy atom. The van der Waals surface area contributed by atoms with E-state index in [9.17, 15) is 4.39 Å². The quantitative estimate of drug-likeness (QED) is 0.425. The molecule has 35 heavy (non-hydrogen) atoms. The lowest BCUT2D eigenvalue weighted by Crippen LogP contribution is -2.44. The van der Waals surface area contributed by atoms with Crippen molar-refractivity contribution >= 4 is 28.3 Å². The van der Waals surface area contributed by atoms with Crippen LogP contribution in [0.25, 0.3) is 22.0 Å². The number of aromatic nitrogens is 4. The maximum atomic E-state index is 16.0. The Morgan fingerprint density at radius 3 is 2.57 bits per heavy atom. The number of aryl methyl sites for hydroxylation is 1. The summed E-state index contributed by atoms with van der Waals surface area (Å²) in [6.07, 6.45) is 3.75. The van der Waals surface area contributed by atoms with Crippen molar-refractivity contribution in [3.05, 3.63) is 70.8 Å². The molecule has 0 aliphatic carbocycles. The lowest BCUT2D eigenvalue weighted by atomic mass is 9.97. The van der Waals surface area contributed by atoms with Crippen molar-refractivity contribution in [1.82, 2.24) is 25.3 Å². The zero-order chi connectivity index (χ0) is 24.4. The molecule has 1 fully saturated rings. The van der Waals surface area contributed by atoms with Crippen LogP contribution in [0.2, 0.25) is 5.02 Å². The Labute approximate surface area is 206 Å². The van der Waals surface area contributed by atoms with Crippen LogP contribution in [0.15, 0.2) is 42.7 Å². The van der Waals surface area contributed by atoms with Crippen LogP contribution >= 0.6 is 11.6 Å². The minimum atomic E-state index is -0.712. The van der Waals surface area contributed by atoms with Crippen molar-refractivity contribution in [3.8, 4) is 17.1 Å². The second-order valence-electron chi connectivity index (χ2n) is 8.21. The number of fused-ring (bicyclic) bond motifs is 1. The molecule has 2 aromatic carbocycles. The minimum absolute atomic E-state index is 0.0247. The van der Waals surface area contributed by atoms with E-state index in [1.165, 1.54) is 6.07 Å². The molecule has 0 unspecified atom stereocenters. The van der Waals surface area contributed by atoms with Gasteiger partial charge in [0.2, 0.25) is 0 Å². The third kappa shape index (κ3) is 4.74. The van der Waals surface area contributed by atoms with E-state index in [2.05, 4.69) is 25.3 Å². The van der Waals surface area contributed by atoms with Gasteiger partial charge in [0.15, 0.2) is 5.82 Å². The van der Waals surface area contributed by atoms with Gasteiger partial charge in [-0.3, -0.25) is 0 Å². The molecule has 0 spiro atoms. The Hall–Kier alpha value is -3.43. The molecule has 4 aromatic rings. The summed E-state index contributed by atoms with van der Waals surface area (Å²) in [4.78, 5) is 19.4. The van der Waals surface area contributed by atoms with Gasteiger partial charge in [0.25, 0.3) is 0 Å². The van der Waals surface area contributed by atoms with Crippen molar-refractivity contribution in [1.29, 1.82) is 0 Å². The van der Waals surface area contributed by atoms with E-state index in [4.69, 9.17) is 16.3 Å². The third-order valence-electron chi connectivity index (χ3n) is 5.91. The average molecular weight is 497 g/mol. The zero-order valence-electron chi connectivity index (χ0n) is 19.1. The number of hydrogen-bond acceptors (Lipinski definition) is 7. The summed E-state index contributed by atoms with van der Waals surface area (Å²) in [6.45, 7) is 4.80. The summed E-state index contributed by atoms with van der Waals surface area (Å²) < 4.78 is 36.6. The minimum Gasteiger partial charge on any atom is -0.463 e. The van der Waals surface area contributed by atoms with Crippen LogP contribution in [-0.4, -0.2) is 52.7 Å². The maximum absolute atomic E-state index is 16.0. The van der Waals surface area contributed by atoms with Crippen molar-refractivity contribution in [2.75, 3.05) is 37.7 Å². The molecule has 5 rings (SSSR count). The lowest BCUT2D eigenvalue weighted by molar-refractivity contribution is 0.294. The number of piperazine rings is 1. The number of benzene rings is 2. The summed E-state index contributed by atoms with van der Waals surface area (Å²) in [7, 11) is 0. The first-order chi connectivity index (χ1) is 17.0. The highest BCUT2D eigenvalue weighted by Gasteiger charge is 2.25. The van der Waals surface area contributed by atoms with Gasteiger partial charge in [0.05, 0.1) is 11.6 Å². The summed E-state index contributed by atoms with van der Waals surface area (Å²) >= 11 is 6.55. The highest BCUT2D eigenvalue weighted by atomic mass is 35.5. The van der Waals surface area contributed by atoms with Crippen LogP contribution in [0.4, 0.5) is 14.6 Å². The summed E-state index contributed by atoms with van der Waals surface area (Å²) in [5, 5.41) is 3.84. The van der Waals surface area contributed by atoms with Gasteiger partial charge < -0.3 is 15.0 Å². The fourth-order valence-electron chi connectivity index (χ4n) is 4.21. The molecule has 1 N–H and O–H groups in total. The van der Waals surface area contributed by atoms with Crippen LogP contribution in [0, 0.1) is 18.6 Å². The summed E-state index contributed by atoms with van der Waals surface area (Å²) in [6, 6.07) is 7.95. The van der Waals surface area contributed by atoms with Gasteiger partial charge >= 0.3 is 6.01 Å². The molecule has 10 heteroatoms. The largest absolute Gasteiger partial charge is 0.463 e. The number of hydrogen-bond donors (Lipinski definition) is 1. The van der Waals surface area contributed by atoms with E-state index in [1.807, 2.05) is 4.90 Å². The zero-order valence-corrected chi connectivity index (χ0v) is 19.8. The maximum Gasteiger partial charge on any atom is 0.319 e. The Morgan fingerprint density at radius 1 is 1.06 bits per heavy atom. The summed E-state index contributed by atoms with van der Waals surface area (Å²) in [5.41, 5.74) is 0.689. The van der Waals surface area contributed by atoms with Gasteiger partial charge in [0, 0.05) is 61.5 Å². The molecule has 0 bridgehead atoms. The van der Waals surface area contributed by atoms with Crippen LogP contribution in [-0.2, 0) is 6.42 Å². The molecule has 1 saturated heterocycles. The molecule has 0 amide bonds. The third-order valence-corrected chi connectivity index (χ3v) is 6.20. The Balaban J connectivity index is 1.61. The molecular weight excluding hydrogens is 474 g/mol. The van der Waals surface area contributed by atoms with E-state index in [0.29, 0.717) is 42.1 Å². The van der Waals surface area contributed by atoms with Gasteiger partial charge in [-0.2, -0.15) is 9.97 Å².